The first-order valence-electron chi connectivity index (χ1n) is 23.9. The van der Waals surface area contributed by atoms with Gasteiger partial charge >= 0.3 is 0 Å². The predicted molar refractivity (Wildman–Crippen MR) is 257 cm³/mol. The molecule has 1 aliphatic carbocycles. The summed E-state index contributed by atoms with van der Waals surface area (Å²) in [5.74, 6) is 1.29. The fourth-order valence-corrected chi connectivity index (χ4v) is 10.1. The summed E-state index contributed by atoms with van der Waals surface area (Å²) in [5, 5.41) is 0.412. The van der Waals surface area contributed by atoms with Gasteiger partial charge in [0, 0.05) is 36.9 Å². The van der Waals surface area contributed by atoms with Gasteiger partial charge in [0.2, 0.25) is 0 Å². The van der Waals surface area contributed by atoms with Crippen molar-refractivity contribution >= 4 is 31.5 Å². The Hall–Kier alpha value is -7.79. The van der Waals surface area contributed by atoms with Crippen molar-refractivity contribution in [1.82, 2.24) is 15.0 Å². The van der Waals surface area contributed by atoms with Gasteiger partial charge in [0.1, 0.15) is 0 Å². The van der Waals surface area contributed by atoms with E-state index in [1.807, 2.05) is 60.7 Å². The summed E-state index contributed by atoms with van der Waals surface area (Å²) >= 11 is 1.02. The maximum absolute atomic E-state index is 9.55. The molecule has 3 nitrogen and oxygen atoms in total. The molecule has 12 rings (SSSR count). The molecule has 0 amide bonds. The summed E-state index contributed by atoms with van der Waals surface area (Å²) in [5.41, 5.74) is 11.0. The fraction of sp³-hybridized carbons (Fsp3) is 0.0172. The molecule has 2 aromatic heterocycles. The van der Waals surface area contributed by atoms with E-state index in [-0.39, 0.29) is 62.0 Å². The Morgan fingerprint density at radius 3 is 1.71 bits per heavy atom. The Morgan fingerprint density at radius 2 is 0.935 bits per heavy atom. The van der Waals surface area contributed by atoms with E-state index in [4.69, 9.17) is 21.8 Å². The molecular formula is C58H37N3S. The van der Waals surface area contributed by atoms with E-state index in [9.17, 15) is 2.74 Å². The number of fused-ring (bicyclic) bond motifs is 6. The summed E-state index contributed by atoms with van der Waals surface area (Å²) in [4.78, 5) is 15.7. The minimum Gasteiger partial charge on any atom is -0.208 e. The van der Waals surface area contributed by atoms with Crippen LogP contribution in [0.3, 0.4) is 0 Å². The number of hydrogen-bond donors (Lipinski definition) is 0. The molecule has 0 saturated carbocycles. The summed E-state index contributed by atoms with van der Waals surface area (Å²) in [6.45, 7) is 0. The highest BCUT2D eigenvalue weighted by atomic mass is 32.1. The molecule has 0 spiro atoms. The van der Waals surface area contributed by atoms with Crippen LogP contribution < -0.4 is 0 Å². The van der Waals surface area contributed by atoms with Crippen LogP contribution in [0.5, 0.6) is 0 Å². The van der Waals surface area contributed by atoms with Crippen molar-refractivity contribution in [2.75, 3.05) is 0 Å². The monoisotopic (exact) mass is 814 g/mol. The standard InChI is InChI=1S/C58H37N3S/c1-4-16-38(17-5-1)39-30-32-40(33-31-39)55-59-56(43-19-14-18-41(36-43)42-34-35-53-49(37-42)46-24-11-13-29-52(46)62-53)61-57(60-55)48-26-15-28-51-54(48)47-25-10-12-27-50(47)58(51,44-20-6-2-7-21-44)45-22-8-3-9-23-45/h1-37H/i11D,13D,24D,29D,34D,35D,37D. The van der Waals surface area contributed by atoms with Crippen LogP contribution in [-0.4, -0.2) is 15.0 Å². The molecule has 0 fully saturated rings. The van der Waals surface area contributed by atoms with Crippen molar-refractivity contribution < 1.29 is 9.60 Å². The summed E-state index contributed by atoms with van der Waals surface area (Å²) in [6, 6.07) is 60.1. The first kappa shape index (κ1) is 29.4. The molecule has 0 unspecified atom stereocenters. The lowest BCUT2D eigenvalue weighted by Gasteiger charge is -2.33. The maximum Gasteiger partial charge on any atom is 0.164 e. The average Bonchev–Trinajstić information content (AvgIpc) is 3.96. The quantitative estimate of drug-likeness (QED) is 0.161. The average molecular weight is 815 g/mol. The van der Waals surface area contributed by atoms with Gasteiger partial charge in [-0.2, -0.15) is 0 Å². The zero-order valence-corrected chi connectivity index (χ0v) is 33.9. The highest BCUT2D eigenvalue weighted by Gasteiger charge is 2.47. The first-order chi connectivity index (χ1) is 33.6. The minimum absolute atomic E-state index is 0.0891. The zero-order valence-electron chi connectivity index (χ0n) is 40.1. The van der Waals surface area contributed by atoms with Crippen LogP contribution in [0.4, 0.5) is 0 Å². The number of benzene rings is 9. The van der Waals surface area contributed by atoms with Crippen LogP contribution in [0.25, 0.3) is 87.7 Å². The Kier molecular flexibility index (Phi) is 7.00. The molecular weight excluding hydrogens is 771 g/mol. The van der Waals surface area contributed by atoms with Crippen LogP contribution >= 0.6 is 11.3 Å². The largest absolute Gasteiger partial charge is 0.208 e. The van der Waals surface area contributed by atoms with Crippen molar-refractivity contribution in [2.24, 2.45) is 0 Å². The molecule has 290 valence electrons. The zero-order chi connectivity index (χ0) is 47.1. The lowest BCUT2D eigenvalue weighted by Crippen LogP contribution is -2.28. The molecule has 0 N–H and O–H groups in total. The molecule has 1 aliphatic rings. The number of thiophene rings is 1. The molecule has 9 aromatic carbocycles. The Bertz CT molecular complexity index is 3820. The third-order valence-electron chi connectivity index (χ3n) is 11.9. The Balaban J connectivity index is 1.09. The lowest BCUT2D eigenvalue weighted by atomic mass is 9.67. The molecule has 2 heterocycles. The number of nitrogens with zero attached hydrogens (tertiary/aromatic N) is 3. The van der Waals surface area contributed by atoms with Crippen LogP contribution in [0, 0.1) is 0 Å². The molecule has 11 aromatic rings. The van der Waals surface area contributed by atoms with Crippen molar-refractivity contribution in [3.63, 3.8) is 0 Å². The van der Waals surface area contributed by atoms with Crippen molar-refractivity contribution in [1.29, 1.82) is 0 Å². The van der Waals surface area contributed by atoms with Gasteiger partial charge in [0.05, 0.1) is 15.0 Å². The van der Waals surface area contributed by atoms with E-state index < -0.39 is 11.5 Å². The summed E-state index contributed by atoms with van der Waals surface area (Å²) < 4.78 is 62.6. The van der Waals surface area contributed by atoms with Crippen molar-refractivity contribution in [2.45, 2.75) is 5.41 Å². The second-order valence-electron chi connectivity index (χ2n) is 15.3. The molecule has 0 aliphatic heterocycles. The molecule has 4 heteroatoms. The van der Waals surface area contributed by atoms with Gasteiger partial charge in [0.15, 0.2) is 17.5 Å². The normalized spacial score (nSPS) is 14.2. The number of rotatable bonds is 7. The van der Waals surface area contributed by atoms with Crippen LogP contribution in [0.2, 0.25) is 0 Å². The predicted octanol–water partition coefficient (Wildman–Crippen LogP) is 14.9. The highest BCUT2D eigenvalue weighted by molar-refractivity contribution is 7.25. The topological polar surface area (TPSA) is 38.7 Å². The Morgan fingerprint density at radius 1 is 0.387 bits per heavy atom. The van der Waals surface area contributed by atoms with E-state index in [0.717, 1.165) is 67.0 Å². The molecule has 0 bridgehead atoms. The van der Waals surface area contributed by atoms with Gasteiger partial charge in [-0.05, 0) is 79.8 Å². The van der Waals surface area contributed by atoms with Gasteiger partial charge in [0.25, 0.3) is 0 Å². The van der Waals surface area contributed by atoms with E-state index in [1.54, 1.807) is 6.07 Å². The second-order valence-corrected chi connectivity index (χ2v) is 16.4. The Labute approximate surface area is 374 Å². The van der Waals surface area contributed by atoms with Gasteiger partial charge < -0.3 is 0 Å². The van der Waals surface area contributed by atoms with Gasteiger partial charge in [-0.15, -0.1) is 11.3 Å². The number of hydrogen-bond acceptors (Lipinski definition) is 4. The second kappa shape index (κ2) is 14.7. The lowest BCUT2D eigenvalue weighted by molar-refractivity contribution is 0.768. The van der Waals surface area contributed by atoms with Gasteiger partial charge in [-0.1, -0.05) is 200 Å². The summed E-state index contributed by atoms with van der Waals surface area (Å²) in [6.07, 6.45) is 0. The van der Waals surface area contributed by atoms with E-state index in [0.29, 0.717) is 28.6 Å². The van der Waals surface area contributed by atoms with Crippen molar-refractivity contribution in [3.05, 3.63) is 247 Å². The van der Waals surface area contributed by atoms with Crippen molar-refractivity contribution in [3.8, 4) is 67.5 Å². The third kappa shape index (κ3) is 5.83. The van der Waals surface area contributed by atoms with Gasteiger partial charge in [-0.3, -0.25) is 0 Å². The van der Waals surface area contributed by atoms with Crippen LogP contribution in [-0.2, 0) is 5.41 Å². The maximum atomic E-state index is 9.55. The smallest absolute Gasteiger partial charge is 0.164 e. The molecule has 0 radical (unpaired) electrons. The first-order valence-corrected chi connectivity index (χ1v) is 21.3. The van der Waals surface area contributed by atoms with Crippen LogP contribution in [0.1, 0.15) is 31.8 Å². The molecule has 62 heavy (non-hydrogen) atoms. The minimum atomic E-state index is -0.646. The third-order valence-corrected chi connectivity index (χ3v) is 12.9. The van der Waals surface area contributed by atoms with Crippen LogP contribution in [0.15, 0.2) is 224 Å². The van der Waals surface area contributed by atoms with E-state index in [2.05, 4.69) is 115 Å². The van der Waals surface area contributed by atoms with E-state index >= 15 is 0 Å². The van der Waals surface area contributed by atoms with Gasteiger partial charge in [-0.25, -0.2) is 15.0 Å². The molecule has 0 atom stereocenters. The summed E-state index contributed by atoms with van der Waals surface area (Å²) in [7, 11) is 0. The highest BCUT2D eigenvalue weighted by Crippen LogP contribution is 2.58. The van der Waals surface area contributed by atoms with E-state index in [1.165, 1.54) is 0 Å². The fourth-order valence-electron chi connectivity index (χ4n) is 9.14. The number of aromatic nitrogens is 3. The SMILES string of the molecule is [2H]c1c([2H])c([2H])c2c(sc3c([2H])c([2H])c(-c4cccc(-c5nc(-c6ccc(-c7ccccc7)cc6)nc(-c6cccc7c6-c6ccccc6C7(c6ccccc6)c6ccccc6)n5)c4)c([2H])c32)c1[2H]. The molecule has 0 saturated heterocycles.